The predicted molar refractivity (Wildman–Crippen MR) is 140 cm³/mol. The van der Waals surface area contributed by atoms with Crippen molar-refractivity contribution in [1.29, 1.82) is 0 Å². The molecule has 3 aromatic carbocycles. The monoisotopic (exact) mass is 511 g/mol. The number of nitrogens with one attached hydrogen (secondary N) is 1. The van der Waals surface area contributed by atoms with E-state index >= 15 is 0 Å². The van der Waals surface area contributed by atoms with E-state index in [0.717, 1.165) is 35.1 Å². The zero-order chi connectivity index (χ0) is 24.8. The van der Waals surface area contributed by atoms with Crippen LogP contribution in [0.1, 0.15) is 29.5 Å². The van der Waals surface area contributed by atoms with Gasteiger partial charge in [-0.05, 0) is 80.4 Å². The van der Waals surface area contributed by atoms with E-state index in [9.17, 15) is 13.2 Å². The summed E-state index contributed by atoms with van der Waals surface area (Å²) in [6, 6.07) is 21.1. The number of aryl methyl sites for hydroxylation is 1. The fourth-order valence-corrected chi connectivity index (χ4v) is 5.75. The van der Waals surface area contributed by atoms with Crippen LogP contribution < -0.4 is 9.62 Å². The Kier molecular flexibility index (Phi) is 8.11. The van der Waals surface area contributed by atoms with Crippen molar-refractivity contribution < 1.29 is 13.2 Å². The minimum Gasteiger partial charge on any atom is -0.350 e. The third-order valence-corrected chi connectivity index (χ3v) is 8.24. The third kappa shape index (κ3) is 6.42. The summed E-state index contributed by atoms with van der Waals surface area (Å²) >= 11 is 6.01. The van der Waals surface area contributed by atoms with Crippen LogP contribution in [0, 0.1) is 6.92 Å². The maximum Gasteiger partial charge on any atom is 0.264 e. The number of anilines is 1. The summed E-state index contributed by atoms with van der Waals surface area (Å²) in [6.07, 6.45) is 2.43. The molecule has 1 saturated heterocycles. The Balaban J connectivity index is 1.51. The van der Waals surface area contributed by atoms with Gasteiger partial charge in [0.1, 0.15) is 6.54 Å². The summed E-state index contributed by atoms with van der Waals surface area (Å²) in [5, 5.41) is 3.41. The quantitative estimate of drug-likeness (QED) is 0.450. The number of carbonyl (C=O) groups excluding carboxylic acids is 1. The number of halogens is 1. The number of likely N-dealkylation sites (tertiary alicyclic amines) is 1. The zero-order valence-corrected chi connectivity index (χ0v) is 21.4. The highest BCUT2D eigenvalue weighted by atomic mass is 35.5. The molecule has 4 rings (SSSR count). The second-order valence-electron chi connectivity index (χ2n) is 8.83. The van der Waals surface area contributed by atoms with E-state index in [-0.39, 0.29) is 17.3 Å². The first-order valence-corrected chi connectivity index (χ1v) is 13.6. The van der Waals surface area contributed by atoms with E-state index in [0.29, 0.717) is 17.3 Å². The van der Waals surface area contributed by atoms with E-state index < -0.39 is 10.0 Å². The molecule has 0 unspecified atom stereocenters. The van der Waals surface area contributed by atoms with E-state index in [1.165, 1.54) is 18.4 Å². The highest BCUT2D eigenvalue weighted by molar-refractivity contribution is 7.92. The largest absolute Gasteiger partial charge is 0.350 e. The number of hydrogen-bond acceptors (Lipinski definition) is 4. The number of amides is 1. The molecule has 8 heteroatoms. The summed E-state index contributed by atoms with van der Waals surface area (Å²) in [4.78, 5) is 15.5. The van der Waals surface area contributed by atoms with Crippen LogP contribution in [0.5, 0.6) is 0 Å². The Hall–Kier alpha value is -2.87. The van der Waals surface area contributed by atoms with Crippen molar-refractivity contribution in [1.82, 2.24) is 10.2 Å². The first-order chi connectivity index (χ1) is 16.8. The molecule has 0 saturated carbocycles. The summed E-state index contributed by atoms with van der Waals surface area (Å²) in [6.45, 7) is 4.92. The lowest BCUT2D eigenvalue weighted by molar-refractivity contribution is -0.119. The van der Waals surface area contributed by atoms with Crippen molar-refractivity contribution in [2.24, 2.45) is 0 Å². The van der Waals surface area contributed by atoms with Gasteiger partial charge in [-0.2, -0.15) is 0 Å². The molecule has 1 aliphatic heterocycles. The molecule has 1 heterocycles. The lowest BCUT2D eigenvalue weighted by atomic mass is 10.1. The molecular weight excluding hydrogens is 482 g/mol. The van der Waals surface area contributed by atoms with E-state index in [4.69, 9.17) is 11.6 Å². The molecule has 1 N–H and O–H groups in total. The van der Waals surface area contributed by atoms with Crippen LogP contribution in [0.15, 0.2) is 77.7 Å². The van der Waals surface area contributed by atoms with Crippen LogP contribution >= 0.6 is 11.6 Å². The Morgan fingerprint density at radius 3 is 2.23 bits per heavy atom. The van der Waals surface area contributed by atoms with Gasteiger partial charge in [-0.15, -0.1) is 0 Å². The molecule has 6 nitrogen and oxygen atoms in total. The lowest BCUT2D eigenvalue weighted by Gasteiger charge is -2.24. The van der Waals surface area contributed by atoms with Gasteiger partial charge in [-0.3, -0.25) is 14.0 Å². The number of hydrogen-bond donors (Lipinski definition) is 1. The first-order valence-electron chi connectivity index (χ1n) is 11.7. The maximum atomic E-state index is 13.5. The minimum atomic E-state index is -3.96. The second kappa shape index (κ2) is 11.2. The van der Waals surface area contributed by atoms with Gasteiger partial charge < -0.3 is 5.32 Å². The van der Waals surface area contributed by atoms with E-state index in [1.54, 1.807) is 48.5 Å². The van der Waals surface area contributed by atoms with Crippen molar-refractivity contribution in [2.75, 3.05) is 23.9 Å². The number of benzene rings is 3. The van der Waals surface area contributed by atoms with E-state index in [1.807, 2.05) is 25.1 Å². The minimum absolute atomic E-state index is 0.127. The highest BCUT2D eigenvalue weighted by Gasteiger charge is 2.27. The fraction of sp³-hybridized carbons (Fsp3) is 0.296. The molecule has 0 aromatic heterocycles. The fourth-order valence-electron chi connectivity index (χ4n) is 4.21. The number of carbonyl (C=O) groups is 1. The van der Waals surface area contributed by atoms with Crippen molar-refractivity contribution in [3.63, 3.8) is 0 Å². The van der Waals surface area contributed by atoms with Crippen LogP contribution in [0.2, 0.25) is 5.02 Å². The maximum absolute atomic E-state index is 13.5. The summed E-state index contributed by atoms with van der Waals surface area (Å²) in [7, 11) is -3.96. The van der Waals surface area contributed by atoms with Gasteiger partial charge in [0, 0.05) is 18.1 Å². The van der Waals surface area contributed by atoms with E-state index in [2.05, 4.69) is 16.3 Å². The topological polar surface area (TPSA) is 69.7 Å². The smallest absolute Gasteiger partial charge is 0.264 e. The second-order valence-corrected chi connectivity index (χ2v) is 11.1. The zero-order valence-electron chi connectivity index (χ0n) is 19.8. The number of sulfonamides is 1. The van der Waals surface area contributed by atoms with Crippen molar-refractivity contribution in [3.8, 4) is 0 Å². The van der Waals surface area contributed by atoms with Crippen LogP contribution in [0.3, 0.4) is 0 Å². The first kappa shape index (κ1) is 25.2. The summed E-state index contributed by atoms with van der Waals surface area (Å²) in [5.74, 6) is -0.383. The highest BCUT2D eigenvalue weighted by Crippen LogP contribution is 2.25. The summed E-state index contributed by atoms with van der Waals surface area (Å²) < 4.78 is 28.1. The van der Waals surface area contributed by atoms with Crippen molar-refractivity contribution >= 4 is 33.2 Å². The predicted octanol–water partition coefficient (Wildman–Crippen LogP) is 4.76. The van der Waals surface area contributed by atoms with Crippen LogP contribution in [0.25, 0.3) is 0 Å². The normalized spacial score (nSPS) is 14.1. The Bertz CT molecular complexity index is 1260. The Labute approximate surface area is 212 Å². The number of rotatable bonds is 9. The molecule has 1 fully saturated rings. The van der Waals surface area contributed by atoms with Gasteiger partial charge >= 0.3 is 0 Å². The van der Waals surface area contributed by atoms with Crippen LogP contribution in [-0.2, 0) is 27.9 Å². The molecule has 184 valence electrons. The average molecular weight is 512 g/mol. The molecule has 35 heavy (non-hydrogen) atoms. The van der Waals surface area contributed by atoms with Crippen molar-refractivity contribution in [3.05, 3.63) is 94.5 Å². The van der Waals surface area contributed by atoms with Gasteiger partial charge in [-0.25, -0.2) is 8.42 Å². The standard InChI is InChI=1S/C27H30ClN3O3S/c1-21-8-14-26(15-9-21)35(33,34)31(25-12-10-24(28)11-13-25)20-27(32)29-18-22-6-2-3-7-23(22)19-30-16-4-5-17-30/h2-3,6-15H,4-5,16-20H2,1H3,(H,29,32). The van der Waals surface area contributed by atoms with Gasteiger partial charge in [0.05, 0.1) is 10.6 Å². The van der Waals surface area contributed by atoms with Gasteiger partial charge in [0.2, 0.25) is 5.91 Å². The molecule has 0 aliphatic carbocycles. The molecule has 0 spiro atoms. The Morgan fingerprint density at radius 2 is 1.57 bits per heavy atom. The third-order valence-electron chi connectivity index (χ3n) is 6.20. The number of nitrogens with zero attached hydrogens (tertiary/aromatic N) is 2. The van der Waals surface area contributed by atoms with Gasteiger partial charge in [-0.1, -0.05) is 53.6 Å². The van der Waals surface area contributed by atoms with Gasteiger partial charge in [0.15, 0.2) is 0 Å². The average Bonchev–Trinajstić information content (AvgIpc) is 3.36. The SMILES string of the molecule is Cc1ccc(S(=O)(=O)N(CC(=O)NCc2ccccc2CN2CCCC2)c2ccc(Cl)cc2)cc1. The molecule has 3 aromatic rings. The molecule has 0 bridgehead atoms. The summed E-state index contributed by atoms with van der Waals surface area (Å²) in [5.41, 5.74) is 3.54. The molecule has 1 amide bonds. The van der Waals surface area contributed by atoms with Crippen molar-refractivity contribution in [2.45, 2.75) is 37.8 Å². The van der Waals surface area contributed by atoms with Crippen LogP contribution in [0.4, 0.5) is 5.69 Å². The lowest BCUT2D eigenvalue weighted by Crippen LogP contribution is -2.40. The molecule has 0 atom stereocenters. The van der Waals surface area contributed by atoms with Gasteiger partial charge in [0.25, 0.3) is 10.0 Å². The molecule has 0 radical (unpaired) electrons. The Morgan fingerprint density at radius 1 is 0.943 bits per heavy atom. The molecule has 1 aliphatic rings. The van der Waals surface area contributed by atoms with Crippen LogP contribution in [-0.4, -0.2) is 38.9 Å². The molecular formula is C27H30ClN3O3S.